The van der Waals surface area contributed by atoms with Crippen molar-refractivity contribution in [3.63, 3.8) is 0 Å². The van der Waals surface area contributed by atoms with Gasteiger partial charge in [0.2, 0.25) is 10.0 Å². The van der Waals surface area contributed by atoms with Crippen molar-refractivity contribution in [1.29, 1.82) is 0 Å². The summed E-state index contributed by atoms with van der Waals surface area (Å²) in [6, 6.07) is 0.845. The summed E-state index contributed by atoms with van der Waals surface area (Å²) in [6.07, 6.45) is 3.80. The molecule has 1 unspecified atom stereocenters. The van der Waals surface area contributed by atoms with Crippen molar-refractivity contribution in [2.75, 3.05) is 19.5 Å². The van der Waals surface area contributed by atoms with E-state index in [-0.39, 0.29) is 41.9 Å². The molecule has 9 nitrogen and oxygen atoms in total. The Morgan fingerprint density at radius 1 is 1.29 bits per heavy atom. The van der Waals surface area contributed by atoms with Crippen molar-refractivity contribution in [3.8, 4) is 0 Å². The number of aliphatic hydroxyl groups is 1. The number of amidine groups is 1. The predicted octanol–water partition coefficient (Wildman–Crippen LogP) is 3.45. The summed E-state index contributed by atoms with van der Waals surface area (Å²) in [4.78, 5) is 22.0. The molecule has 2 aliphatic rings. The lowest BCUT2D eigenvalue weighted by Crippen LogP contribution is -2.42. The normalized spacial score (nSPS) is 22.1. The van der Waals surface area contributed by atoms with Gasteiger partial charge in [0, 0.05) is 35.5 Å². The lowest BCUT2D eigenvalue weighted by atomic mass is 9.80. The number of sulfonamides is 1. The van der Waals surface area contributed by atoms with Crippen molar-refractivity contribution in [2.24, 2.45) is 10.9 Å². The molecule has 4 rings (SSSR count). The average molecular weight is 589 g/mol. The highest BCUT2D eigenvalue weighted by molar-refractivity contribution is 7.89. The molecule has 1 atom stereocenters. The SMILES string of the molecule is COC(=O)C1=C([C@H]2CC[C@H](NS(=O)(=O)CCCO)CC2)NC(c2nccs2)=NC1c1ccc(F)c(F)c1Cl. The minimum absolute atomic E-state index is 0.101. The van der Waals surface area contributed by atoms with Crippen LogP contribution in [0.4, 0.5) is 8.78 Å². The predicted molar refractivity (Wildman–Crippen MR) is 139 cm³/mol. The number of aliphatic hydroxyl groups excluding tert-OH is 1. The Hall–Kier alpha value is -2.45. The van der Waals surface area contributed by atoms with E-state index in [1.165, 1.54) is 24.5 Å². The van der Waals surface area contributed by atoms with E-state index in [0.29, 0.717) is 42.2 Å². The van der Waals surface area contributed by atoms with Crippen LogP contribution in [-0.4, -0.2) is 55.8 Å². The first-order valence-electron chi connectivity index (χ1n) is 12.0. The molecule has 1 fully saturated rings. The number of nitrogens with zero attached hydrogens (tertiary/aromatic N) is 2. The Morgan fingerprint density at radius 2 is 2.03 bits per heavy atom. The lowest BCUT2D eigenvalue weighted by molar-refractivity contribution is -0.136. The number of ether oxygens (including phenoxy) is 1. The van der Waals surface area contributed by atoms with E-state index in [0.717, 1.165) is 6.07 Å². The van der Waals surface area contributed by atoms with Crippen LogP contribution in [0.25, 0.3) is 0 Å². The Balaban J connectivity index is 1.70. The van der Waals surface area contributed by atoms with Gasteiger partial charge in [-0.05, 0) is 44.1 Å². The van der Waals surface area contributed by atoms with Gasteiger partial charge in [-0.1, -0.05) is 17.7 Å². The summed E-state index contributed by atoms with van der Waals surface area (Å²) in [5.74, 6) is -3.09. The highest BCUT2D eigenvalue weighted by Gasteiger charge is 2.38. The molecule has 2 heterocycles. The van der Waals surface area contributed by atoms with Gasteiger partial charge in [-0.3, -0.25) is 4.99 Å². The van der Waals surface area contributed by atoms with Gasteiger partial charge in [0.15, 0.2) is 22.5 Å². The van der Waals surface area contributed by atoms with Crippen LogP contribution in [0, 0.1) is 17.6 Å². The smallest absolute Gasteiger partial charge is 0.338 e. The fourth-order valence-corrected chi connectivity index (χ4v) is 6.93. The molecule has 0 spiro atoms. The minimum Gasteiger partial charge on any atom is -0.466 e. The number of nitrogens with one attached hydrogen (secondary N) is 2. The van der Waals surface area contributed by atoms with Crippen LogP contribution in [0.2, 0.25) is 5.02 Å². The van der Waals surface area contributed by atoms with Gasteiger partial charge in [-0.15, -0.1) is 11.3 Å². The number of rotatable bonds is 9. The Bertz CT molecular complexity index is 1340. The number of benzene rings is 1. The third-order valence-corrected chi connectivity index (χ3v) is 9.21. The van der Waals surface area contributed by atoms with Crippen molar-refractivity contribution in [2.45, 2.75) is 44.2 Å². The summed E-state index contributed by atoms with van der Waals surface area (Å²) < 4.78 is 60.6. The fraction of sp³-hybridized carbons (Fsp3) is 0.458. The van der Waals surface area contributed by atoms with Crippen LogP contribution in [-0.2, 0) is 19.6 Å². The molecule has 1 aliphatic carbocycles. The maximum absolute atomic E-state index is 14.5. The van der Waals surface area contributed by atoms with Gasteiger partial charge in [-0.2, -0.15) is 0 Å². The zero-order valence-electron chi connectivity index (χ0n) is 20.4. The number of thiazole rings is 1. The van der Waals surface area contributed by atoms with Crippen LogP contribution in [0.1, 0.15) is 48.7 Å². The number of carbonyl (C=O) groups excluding carboxylic acids is 1. The summed E-state index contributed by atoms with van der Waals surface area (Å²) in [5.41, 5.74) is 0.724. The number of hydrogen-bond acceptors (Lipinski definition) is 9. The number of halogens is 3. The molecule has 2 aromatic rings. The largest absolute Gasteiger partial charge is 0.466 e. The Morgan fingerprint density at radius 3 is 2.66 bits per heavy atom. The van der Waals surface area contributed by atoms with E-state index in [9.17, 15) is 22.0 Å². The molecule has 3 N–H and O–H groups in total. The summed E-state index contributed by atoms with van der Waals surface area (Å²) >= 11 is 7.50. The van der Waals surface area contributed by atoms with E-state index in [1.807, 2.05) is 0 Å². The monoisotopic (exact) mass is 588 g/mol. The second-order valence-electron chi connectivity index (χ2n) is 8.99. The molecule has 1 aromatic heterocycles. The van der Waals surface area contributed by atoms with Crippen LogP contribution in [0.5, 0.6) is 0 Å². The molecule has 1 aromatic carbocycles. The number of hydrogen-bond donors (Lipinski definition) is 3. The molecule has 14 heteroatoms. The van der Waals surface area contributed by atoms with Crippen LogP contribution in [0.15, 0.2) is 40.0 Å². The molecular formula is C24H27ClF2N4O5S2. The quantitative estimate of drug-likeness (QED) is 0.302. The number of aliphatic imine (C=N–C) groups is 1. The summed E-state index contributed by atoms with van der Waals surface area (Å²) in [5, 5.41) is 14.0. The van der Waals surface area contributed by atoms with Gasteiger partial charge >= 0.3 is 5.97 Å². The molecule has 206 valence electrons. The molecule has 38 heavy (non-hydrogen) atoms. The van der Waals surface area contributed by atoms with Crippen molar-refractivity contribution in [1.82, 2.24) is 15.0 Å². The average Bonchev–Trinajstić information content (AvgIpc) is 3.45. The molecule has 0 bridgehead atoms. The van der Waals surface area contributed by atoms with Crippen LogP contribution >= 0.6 is 22.9 Å². The zero-order valence-corrected chi connectivity index (χ0v) is 22.8. The topological polar surface area (TPSA) is 130 Å². The van der Waals surface area contributed by atoms with E-state index in [1.54, 1.807) is 11.6 Å². The molecule has 1 saturated carbocycles. The van der Waals surface area contributed by atoms with Crippen LogP contribution in [0.3, 0.4) is 0 Å². The van der Waals surface area contributed by atoms with Gasteiger partial charge < -0.3 is 15.2 Å². The molecule has 0 radical (unpaired) electrons. The van der Waals surface area contributed by atoms with Crippen molar-refractivity contribution >= 4 is 44.8 Å². The van der Waals surface area contributed by atoms with Crippen molar-refractivity contribution < 1.29 is 31.8 Å². The maximum atomic E-state index is 14.5. The first-order valence-corrected chi connectivity index (χ1v) is 14.9. The second kappa shape index (κ2) is 12.2. The maximum Gasteiger partial charge on any atom is 0.338 e. The first kappa shape index (κ1) is 28.6. The third kappa shape index (κ3) is 6.23. The summed E-state index contributed by atoms with van der Waals surface area (Å²) in [6.45, 7) is -0.212. The number of aromatic nitrogens is 1. The van der Waals surface area contributed by atoms with Gasteiger partial charge in [0.25, 0.3) is 0 Å². The fourth-order valence-electron chi connectivity index (χ4n) is 4.72. The number of allylic oxidation sites excluding steroid dienone is 1. The van der Waals surface area contributed by atoms with E-state index in [4.69, 9.17) is 21.4 Å². The van der Waals surface area contributed by atoms with E-state index < -0.39 is 38.7 Å². The number of esters is 1. The zero-order chi connectivity index (χ0) is 27.4. The minimum atomic E-state index is -3.53. The molecule has 0 saturated heterocycles. The first-order chi connectivity index (χ1) is 18.1. The molecule has 0 amide bonds. The highest BCUT2D eigenvalue weighted by atomic mass is 35.5. The second-order valence-corrected chi connectivity index (χ2v) is 12.1. The van der Waals surface area contributed by atoms with E-state index in [2.05, 4.69) is 20.0 Å². The standard InChI is InChI=1S/C24H27ClF2N4O5S2/c1-36-24(33)17-20(13-3-5-14(6-4-13)31-38(34,35)12-2-10-32)29-22(23-28-9-11-37-23)30-21(17)15-7-8-16(26)19(27)18(15)25/h7-9,11,13-14,21,31-32H,2-6,10,12H2,1H3,(H,29,30)/t13-,14-,21?. The van der Waals surface area contributed by atoms with Crippen molar-refractivity contribution in [3.05, 3.63) is 62.2 Å². The highest BCUT2D eigenvalue weighted by Crippen LogP contribution is 2.41. The molecule has 1 aliphatic heterocycles. The summed E-state index contributed by atoms with van der Waals surface area (Å²) in [7, 11) is -2.31. The van der Waals surface area contributed by atoms with Gasteiger partial charge in [0.05, 0.1) is 23.5 Å². The van der Waals surface area contributed by atoms with Gasteiger partial charge in [0.1, 0.15) is 6.04 Å². The molecular weight excluding hydrogens is 562 g/mol. The Labute approximate surface area is 228 Å². The Kier molecular flexibility index (Phi) is 9.14. The van der Waals surface area contributed by atoms with Crippen LogP contribution < -0.4 is 10.0 Å². The van der Waals surface area contributed by atoms with E-state index >= 15 is 0 Å². The number of carbonyl (C=O) groups is 1. The van der Waals surface area contributed by atoms with Gasteiger partial charge in [-0.25, -0.2) is 31.7 Å². The number of methoxy groups -OCH3 is 1. The lowest BCUT2D eigenvalue weighted by Gasteiger charge is -2.35. The third-order valence-electron chi connectivity index (χ3n) is 6.53.